The number of nitrogens with zero attached hydrogens (tertiary/aromatic N) is 4. The summed E-state index contributed by atoms with van der Waals surface area (Å²) in [5.41, 5.74) is 6.20. The van der Waals surface area contributed by atoms with Crippen LogP contribution >= 0.6 is 34.9 Å². The Hall–Kier alpha value is -4.81. The van der Waals surface area contributed by atoms with Gasteiger partial charge in [-0.2, -0.15) is 4.57 Å². The number of nitrogens with one attached hydrogen (secondary N) is 1. The molecule has 2 amide bonds. The number of hydrogen-bond donors (Lipinski definition) is 5. The minimum atomic E-state index is -1.52. The molecule has 1 saturated heterocycles. The number of nitrogens with two attached hydrogens (primary N) is 1. The van der Waals surface area contributed by atoms with Gasteiger partial charge in [-0.1, -0.05) is 11.2 Å². The number of nitrogen functional groups attached to an aromatic ring is 1. The molecule has 234 valence electrons. The summed E-state index contributed by atoms with van der Waals surface area (Å²) in [6.45, 7) is -0.369. The number of aromatic nitrogens is 2. The third-order valence-electron chi connectivity index (χ3n) is 6.53. The molecule has 15 nitrogen and oxygen atoms in total. The van der Waals surface area contributed by atoms with Crippen LogP contribution in [0.25, 0.3) is 0 Å². The molecular formula is C27H24N6O9S3. The van der Waals surface area contributed by atoms with Gasteiger partial charge in [-0.05, 0) is 23.3 Å². The molecule has 2 atom stereocenters. The van der Waals surface area contributed by atoms with Crippen molar-refractivity contribution in [1.29, 1.82) is 0 Å². The van der Waals surface area contributed by atoms with Crippen molar-refractivity contribution < 1.29 is 49.0 Å². The van der Waals surface area contributed by atoms with Crippen LogP contribution < -0.4 is 20.7 Å². The van der Waals surface area contributed by atoms with Crippen LogP contribution in [-0.4, -0.2) is 77.6 Å². The van der Waals surface area contributed by atoms with Crippen LogP contribution in [0.15, 0.2) is 69.4 Å². The standard InChI is InChI=1S/C27H24N6O9S3/c28-27-29-16(12-45-27)20(31-42-9-13-1-2-17(34)18(35)7-13)23(38)30-21-24(39)33-22(26(40)41)14(11-44-25(21)33)10-43-15-3-5-32(6-4-15)8-19(36)37/h1-7,12,21,25H,8-11H2,(H6-,28,29,30,31,34,35,36,37,38,40,41)/t21?,25-/m0/s1. The molecule has 18 heteroatoms. The highest BCUT2D eigenvalue weighted by Crippen LogP contribution is 2.41. The number of thioether (sulfide) groups is 2. The van der Waals surface area contributed by atoms with Gasteiger partial charge in [-0.3, -0.25) is 14.5 Å². The lowest BCUT2D eigenvalue weighted by atomic mass is 10.0. The minimum Gasteiger partial charge on any atom is -0.543 e. The number of fused-ring (bicyclic) bond motifs is 1. The van der Waals surface area contributed by atoms with Crippen molar-refractivity contribution in [3.05, 3.63) is 70.6 Å². The number of phenolic OH excluding ortho intramolecular Hbond substituents is 2. The fourth-order valence-electron chi connectivity index (χ4n) is 4.40. The van der Waals surface area contributed by atoms with Crippen molar-refractivity contribution in [3.63, 3.8) is 0 Å². The maximum Gasteiger partial charge on any atom is 0.370 e. The van der Waals surface area contributed by atoms with Crippen molar-refractivity contribution in [2.75, 3.05) is 17.2 Å². The van der Waals surface area contributed by atoms with Gasteiger partial charge < -0.3 is 41.1 Å². The van der Waals surface area contributed by atoms with Crippen LogP contribution in [0.5, 0.6) is 11.5 Å². The van der Waals surface area contributed by atoms with Crippen molar-refractivity contribution in [2.45, 2.75) is 29.5 Å². The number of carbonyl (C=O) groups is 4. The highest BCUT2D eigenvalue weighted by atomic mass is 32.2. The number of aliphatic carboxylic acids is 2. The van der Waals surface area contributed by atoms with Crippen LogP contribution in [0, 0.1) is 0 Å². The number of amides is 2. The van der Waals surface area contributed by atoms with E-state index in [1.165, 1.54) is 51.7 Å². The second-order valence-corrected chi connectivity index (χ2v) is 12.6. The highest BCUT2D eigenvalue weighted by molar-refractivity contribution is 8.01. The summed E-state index contributed by atoms with van der Waals surface area (Å²) in [6.07, 6.45) is 3.20. The molecule has 4 heterocycles. The topological polar surface area (TPSA) is 232 Å². The molecule has 0 aliphatic carbocycles. The van der Waals surface area contributed by atoms with Crippen LogP contribution in [-0.2, 0) is 37.2 Å². The fraction of sp³-hybridized carbons (Fsp3) is 0.222. The largest absolute Gasteiger partial charge is 0.543 e. The first-order chi connectivity index (χ1) is 21.5. The van der Waals surface area contributed by atoms with Crippen molar-refractivity contribution in [1.82, 2.24) is 15.2 Å². The molecule has 0 spiro atoms. The predicted molar refractivity (Wildman–Crippen MR) is 160 cm³/mol. The Labute approximate surface area is 267 Å². The van der Waals surface area contributed by atoms with E-state index in [2.05, 4.69) is 15.5 Å². The van der Waals surface area contributed by atoms with E-state index in [1.54, 1.807) is 24.5 Å². The molecule has 3 aromatic rings. The molecule has 0 saturated carbocycles. The summed E-state index contributed by atoms with van der Waals surface area (Å²) in [4.78, 5) is 60.8. The number of pyridine rings is 1. The van der Waals surface area contributed by atoms with Gasteiger partial charge in [0, 0.05) is 33.9 Å². The second kappa shape index (κ2) is 13.4. The Balaban J connectivity index is 1.27. The van der Waals surface area contributed by atoms with Gasteiger partial charge in [0.2, 0.25) is 6.54 Å². The van der Waals surface area contributed by atoms with E-state index in [0.29, 0.717) is 11.1 Å². The Morgan fingerprint density at radius 2 is 1.98 bits per heavy atom. The average molecular weight is 673 g/mol. The van der Waals surface area contributed by atoms with Gasteiger partial charge in [0.25, 0.3) is 11.8 Å². The molecule has 45 heavy (non-hydrogen) atoms. The lowest BCUT2D eigenvalue weighted by molar-refractivity contribution is -0.686. The summed E-state index contributed by atoms with van der Waals surface area (Å²) < 4.78 is 1.49. The molecule has 2 aliphatic rings. The number of phenols is 2. The Morgan fingerprint density at radius 1 is 1.22 bits per heavy atom. The molecule has 0 radical (unpaired) electrons. The third-order valence-corrected chi connectivity index (χ3v) is 9.64. The zero-order valence-corrected chi connectivity index (χ0v) is 25.4. The second-order valence-electron chi connectivity index (χ2n) is 9.60. The number of thiazole rings is 1. The maximum absolute atomic E-state index is 13.3. The van der Waals surface area contributed by atoms with E-state index >= 15 is 0 Å². The smallest absolute Gasteiger partial charge is 0.370 e. The van der Waals surface area contributed by atoms with Crippen LogP contribution in [0.3, 0.4) is 0 Å². The average Bonchev–Trinajstić information content (AvgIpc) is 3.44. The number of carboxylic acids is 2. The van der Waals surface area contributed by atoms with E-state index in [-0.39, 0.29) is 58.4 Å². The van der Waals surface area contributed by atoms with Gasteiger partial charge in [0.15, 0.2) is 34.7 Å². The first-order valence-corrected chi connectivity index (χ1v) is 15.9. The molecule has 5 rings (SSSR count). The highest BCUT2D eigenvalue weighted by Gasteiger charge is 2.53. The monoisotopic (exact) mass is 672 g/mol. The predicted octanol–water partition coefficient (Wildman–Crippen LogP) is -0.374. The Bertz CT molecular complexity index is 1730. The van der Waals surface area contributed by atoms with E-state index in [9.17, 15) is 34.5 Å². The number of aromatic hydroxyl groups is 2. The summed E-state index contributed by atoms with van der Waals surface area (Å²) in [5.74, 6) is -4.13. The summed E-state index contributed by atoms with van der Waals surface area (Å²) >= 11 is 3.66. The lowest BCUT2D eigenvalue weighted by Gasteiger charge is -2.50. The molecule has 2 aromatic heterocycles. The van der Waals surface area contributed by atoms with Crippen LogP contribution in [0.4, 0.5) is 5.13 Å². The van der Waals surface area contributed by atoms with E-state index in [0.717, 1.165) is 21.1 Å². The molecule has 1 aromatic carbocycles. The molecule has 6 N–H and O–H groups in total. The SMILES string of the molecule is Nc1nc(C(=NOCc2ccc(O)c(O)c2)C(=O)NC2C(=O)N3C(C(=O)[O-])=C(CSc4cc[n+](CC(=O)O)cc4)CS[C@@H]23)cs1. The number of carboxylic acid groups (broad SMARTS) is 2. The molecule has 2 aliphatic heterocycles. The zero-order chi connectivity index (χ0) is 32.2. The normalized spacial score (nSPS) is 17.8. The molecule has 0 bridgehead atoms. The Kier molecular flexibility index (Phi) is 9.45. The van der Waals surface area contributed by atoms with E-state index in [4.69, 9.17) is 15.7 Å². The summed E-state index contributed by atoms with van der Waals surface area (Å²) in [5, 5.41) is 47.6. The van der Waals surface area contributed by atoms with Crippen molar-refractivity contribution >= 4 is 69.5 Å². The van der Waals surface area contributed by atoms with Crippen LogP contribution in [0.1, 0.15) is 11.3 Å². The van der Waals surface area contributed by atoms with Gasteiger partial charge in [0.1, 0.15) is 23.7 Å². The zero-order valence-electron chi connectivity index (χ0n) is 23.0. The lowest BCUT2D eigenvalue weighted by Crippen LogP contribution is -2.71. The quantitative estimate of drug-likeness (QED) is 0.0413. The number of oxime groups is 1. The summed E-state index contributed by atoms with van der Waals surface area (Å²) in [6, 6.07) is 6.36. The number of β-lactam (4-membered cyclic amide) rings is 1. The number of anilines is 1. The van der Waals surface area contributed by atoms with Gasteiger partial charge in [-0.25, -0.2) is 9.78 Å². The first kappa shape index (κ1) is 31.6. The number of carbonyl (C=O) groups excluding carboxylic acids is 3. The molecule has 1 unspecified atom stereocenters. The molecule has 1 fully saturated rings. The van der Waals surface area contributed by atoms with Crippen LogP contribution in [0.2, 0.25) is 0 Å². The van der Waals surface area contributed by atoms with E-state index in [1.807, 2.05) is 0 Å². The minimum absolute atomic E-state index is 0.0903. The van der Waals surface area contributed by atoms with Crippen molar-refractivity contribution in [2.24, 2.45) is 5.16 Å². The van der Waals surface area contributed by atoms with E-state index < -0.39 is 35.2 Å². The molecular weight excluding hydrogens is 649 g/mol. The van der Waals surface area contributed by atoms with Gasteiger partial charge >= 0.3 is 5.97 Å². The summed E-state index contributed by atoms with van der Waals surface area (Å²) in [7, 11) is 0. The maximum atomic E-state index is 13.3. The van der Waals surface area contributed by atoms with Gasteiger partial charge in [0.05, 0.1) is 11.7 Å². The van der Waals surface area contributed by atoms with Crippen molar-refractivity contribution in [3.8, 4) is 11.5 Å². The van der Waals surface area contributed by atoms with Gasteiger partial charge in [-0.15, -0.1) is 34.9 Å². The fourth-order valence-corrected chi connectivity index (χ4v) is 7.31. The number of hydrogen-bond acceptors (Lipinski definition) is 14. The first-order valence-electron chi connectivity index (χ1n) is 13.0. The third kappa shape index (κ3) is 7.13. The number of rotatable bonds is 12. The Morgan fingerprint density at radius 3 is 2.62 bits per heavy atom. The number of benzene rings is 1.